The number of aromatic hydroxyl groups is 1. The van der Waals surface area contributed by atoms with Crippen molar-refractivity contribution in [1.82, 2.24) is 5.32 Å². The molecule has 1 atom stereocenters. The Labute approximate surface area is 112 Å². The quantitative estimate of drug-likeness (QED) is 0.779. The number of carbonyl (C=O) groups excluding carboxylic acids is 1. The molecule has 0 fully saturated rings. The van der Waals surface area contributed by atoms with Crippen LogP contribution in [0, 0.1) is 6.92 Å². The molecule has 18 heavy (non-hydrogen) atoms. The van der Waals surface area contributed by atoms with E-state index in [1.54, 1.807) is 25.3 Å². The molecule has 100 valence electrons. The van der Waals surface area contributed by atoms with E-state index in [1.165, 1.54) is 0 Å². The van der Waals surface area contributed by atoms with Crippen LogP contribution in [0.5, 0.6) is 5.75 Å². The van der Waals surface area contributed by atoms with Crippen molar-refractivity contribution in [1.29, 1.82) is 0 Å². The van der Waals surface area contributed by atoms with Crippen molar-refractivity contribution in [3.63, 3.8) is 0 Å². The number of phenolic OH excluding ortho intramolecular Hbond substituents is 1. The number of methoxy groups -OCH3 is 1. The number of phenols is 1. The molecule has 0 heterocycles. The predicted octanol–water partition coefficient (Wildman–Crippen LogP) is 2.07. The van der Waals surface area contributed by atoms with Gasteiger partial charge in [0.25, 0.3) is 5.91 Å². The van der Waals surface area contributed by atoms with Gasteiger partial charge in [-0.05, 0) is 31.0 Å². The molecule has 1 amide bonds. The summed E-state index contributed by atoms with van der Waals surface area (Å²) >= 11 is 5.77. The minimum Gasteiger partial charge on any atom is -0.507 e. The van der Waals surface area contributed by atoms with Crippen molar-refractivity contribution < 1.29 is 14.6 Å². The average Bonchev–Trinajstić information content (AvgIpc) is 2.34. The number of ether oxygens (including phenoxy) is 1. The summed E-state index contributed by atoms with van der Waals surface area (Å²) < 4.78 is 4.94. The summed E-state index contributed by atoms with van der Waals surface area (Å²) in [6.07, 6.45) is 0.637. The number of nitrogens with one attached hydrogen (secondary N) is 1. The molecule has 1 unspecified atom stereocenters. The van der Waals surface area contributed by atoms with Gasteiger partial charge in [-0.25, -0.2) is 0 Å². The van der Waals surface area contributed by atoms with Crippen LogP contribution in [0.3, 0.4) is 0 Å². The first kappa shape index (κ1) is 14.8. The zero-order chi connectivity index (χ0) is 13.5. The molecule has 2 N–H and O–H groups in total. The smallest absolute Gasteiger partial charge is 0.255 e. The lowest BCUT2D eigenvalue weighted by Gasteiger charge is -2.16. The van der Waals surface area contributed by atoms with Crippen LogP contribution >= 0.6 is 11.6 Å². The fourth-order valence-electron chi connectivity index (χ4n) is 1.54. The SMILES string of the molecule is COCCC(CCl)NC(=O)c1ccc(C)cc1O. The number of benzene rings is 1. The third kappa shape index (κ3) is 4.20. The second-order valence-corrected chi connectivity index (χ2v) is 4.44. The van der Waals surface area contributed by atoms with Crippen molar-refractivity contribution in [3.8, 4) is 5.75 Å². The molecule has 1 aromatic carbocycles. The largest absolute Gasteiger partial charge is 0.507 e. The van der Waals surface area contributed by atoms with E-state index < -0.39 is 0 Å². The molecule has 0 saturated carbocycles. The molecule has 0 bridgehead atoms. The van der Waals surface area contributed by atoms with Crippen molar-refractivity contribution >= 4 is 17.5 Å². The molecule has 0 aliphatic heterocycles. The highest BCUT2D eigenvalue weighted by Gasteiger charge is 2.15. The minimum atomic E-state index is -0.325. The molecule has 0 saturated heterocycles. The first-order valence-electron chi connectivity index (χ1n) is 5.74. The zero-order valence-corrected chi connectivity index (χ0v) is 11.3. The molecule has 1 aromatic rings. The number of hydrogen-bond acceptors (Lipinski definition) is 3. The van der Waals surface area contributed by atoms with Crippen molar-refractivity contribution in [2.45, 2.75) is 19.4 Å². The lowest BCUT2D eigenvalue weighted by atomic mass is 10.1. The number of amides is 1. The number of halogens is 1. The maximum absolute atomic E-state index is 11.9. The summed E-state index contributed by atoms with van der Waals surface area (Å²) in [5.41, 5.74) is 1.16. The van der Waals surface area contributed by atoms with Crippen molar-refractivity contribution in [2.75, 3.05) is 19.6 Å². The summed E-state index contributed by atoms with van der Waals surface area (Å²) in [5.74, 6) is -0.0383. The standard InChI is InChI=1S/C13H18ClNO3/c1-9-3-4-11(12(16)7-9)13(17)15-10(8-14)5-6-18-2/h3-4,7,10,16H,5-6,8H2,1-2H3,(H,15,17). The molecule has 0 aromatic heterocycles. The zero-order valence-electron chi connectivity index (χ0n) is 10.6. The van der Waals surface area contributed by atoms with Gasteiger partial charge in [-0.3, -0.25) is 4.79 Å². The Morgan fingerprint density at radius 3 is 2.83 bits per heavy atom. The van der Waals surface area contributed by atoms with E-state index in [0.717, 1.165) is 5.56 Å². The van der Waals surface area contributed by atoms with Gasteiger partial charge in [0, 0.05) is 25.6 Å². The van der Waals surface area contributed by atoms with Crippen LogP contribution in [0.4, 0.5) is 0 Å². The van der Waals surface area contributed by atoms with E-state index in [4.69, 9.17) is 16.3 Å². The predicted molar refractivity (Wildman–Crippen MR) is 71.3 cm³/mol. The van der Waals surface area contributed by atoms with E-state index >= 15 is 0 Å². The van der Waals surface area contributed by atoms with Crippen LogP contribution in [0.15, 0.2) is 18.2 Å². The first-order valence-corrected chi connectivity index (χ1v) is 6.27. The van der Waals surface area contributed by atoms with Crippen molar-refractivity contribution in [3.05, 3.63) is 29.3 Å². The van der Waals surface area contributed by atoms with Gasteiger partial charge in [0.05, 0.1) is 5.56 Å². The van der Waals surface area contributed by atoms with Gasteiger partial charge in [0.1, 0.15) is 5.75 Å². The maximum Gasteiger partial charge on any atom is 0.255 e. The number of carbonyl (C=O) groups is 1. The Kier molecular flexibility index (Phi) is 5.95. The van der Waals surface area contributed by atoms with E-state index in [0.29, 0.717) is 18.9 Å². The molecular weight excluding hydrogens is 254 g/mol. The number of rotatable bonds is 6. The summed E-state index contributed by atoms with van der Waals surface area (Å²) in [6.45, 7) is 2.37. The van der Waals surface area contributed by atoms with Gasteiger partial charge in [0.15, 0.2) is 0 Å². The lowest BCUT2D eigenvalue weighted by molar-refractivity contribution is 0.0927. The molecule has 0 aliphatic rings. The third-order valence-corrected chi connectivity index (χ3v) is 2.96. The van der Waals surface area contributed by atoms with Crippen LogP contribution in [-0.4, -0.2) is 36.7 Å². The Morgan fingerprint density at radius 1 is 1.56 bits per heavy atom. The molecular formula is C13H18ClNO3. The number of aryl methyl sites for hydroxylation is 1. The van der Waals surface area contributed by atoms with Gasteiger partial charge in [0.2, 0.25) is 0 Å². The van der Waals surface area contributed by atoms with Crippen LogP contribution in [0.2, 0.25) is 0 Å². The monoisotopic (exact) mass is 271 g/mol. The molecule has 0 radical (unpaired) electrons. The van der Waals surface area contributed by atoms with Crippen LogP contribution in [0.1, 0.15) is 22.3 Å². The fourth-order valence-corrected chi connectivity index (χ4v) is 1.78. The van der Waals surface area contributed by atoms with Gasteiger partial charge >= 0.3 is 0 Å². The molecule has 1 rings (SSSR count). The van der Waals surface area contributed by atoms with Gasteiger partial charge in [-0.2, -0.15) is 0 Å². The summed E-state index contributed by atoms with van der Waals surface area (Å²) in [7, 11) is 1.60. The first-order chi connectivity index (χ1) is 8.58. The van der Waals surface area contributed by atoms with Gasteiger partial charge in [-0.15, -0.1) is 11.6 Å². The highest BCUT2D eigenvalue weighted by Crippen LogP contribution is 2.18. The Hall–Kier alpha value is -1.26. The van der Waals surface area contributed by atoms with Crippen molar-refractivity contribution in [2.24, 2.45) is 0 Å². The van der Waals surface area contributed by atoms with Gasteiger partial charge < -0.3 is 15.2 Å². The number of hydrogen-bond donors (Lipinski definition) is 2. The summed E-state index contributed by atoms with van der Waals surface area (Å²) in [4.78, 5) is 11.9. The van der Waals surface area contributed by atoms with Crippen LogP contribution in [-0.2, 0) is 4.74 Å². The topological polar surface area (TPSA) is 58.6 Å². The molecule has 0 spiro atoms. The normalized spacial score (nSPS) is 12.2. The summed E-state index contributed by atoms with van der Waals surface area (Å²) in [6, 6.07) is 4.76. The Morgan fingerprint density at radius 2 is 2.28 bits per heavy atom. The highest BCUT2D eigenvalue weighted by molar-refractivity contribution is 6.18. The third-order valence-electron chi connectivity index (χ3n) is 2.59. The second-order valence-electron chi connectivity index (χ2n) is 4.13. The van der Waals surface area contributed by atoms with Crippen LogP contribution in [0.25, 0.3) is 0 Å². The minimum absolute atomic E-state index is 0.0208. The van der Waals surface area contributed by atoms with Crippen LogP contribution < -0.4 is 5.32 Å². The van der Waals surface area contributed by atoms with E-state index in [-0.39, 0.29) is 23.3 Å². The lowest BCUT2D eigenvalue weighted by Crippen LogP contribution is -2.37. The van der Waals surface area contributed by atoms with E-state index in [2.05, 4.69) is 5.32 Å². The number of alkyl halides is 1. The molecule has 0 aliphatic carbocycles. The summed E-state index contributed by atoms with van der Waals surface area (Å²) in [5, 5.41) is 12.5. The Balaban J connectivity index is 2.68. The second kappa shape index (κ2) is 7.24. The maximum atomic E-state index is 11.9. The molecule has 4 nitrogen and oxygen atoms in total. The average molecular weight is 272 g/mol. The fraction of sp³-hybridized carbons (Fsp3) is 0.462. The Bertz CT molecular complexity index is 409. The molecule has 5 heteroatoms. The van der Waals surface area contributed by atoms with Gasteiger partial charge in [-0.1, -0.05) is 6.07 Å². The highest BCUT2D eigenvalue weighted by atomic mass is 35.5. The van der Waals surface area contributed by atoms with E-state index in [9.17, 15) is 9.90 Å². The van der Waals surface area contributed by atoms with E-state index in [1.807, 2.05) is 6.92 Å².